The Kier molecular flexibility index (Phi) is 5.93. The van der Waals surface area contributed by atoms with Gasteiger partial charge in [0.25, 0.3) is 0 Å². The fraction of sp³-hybridized carbons (Fsp3) is 0.533. The van der Waals surface area contributed by atoms with Crippen LogP contribution >= 0.6 is 27.7 Å². The van der Waals surface area contributed by atoms with Crippen LogP contribution in [0, 0.1) is 13.8 Å². The van der Waals surface area contributed by atoms with Gasteiger partial charge in [-0.3, -0.25) is 4.79 Å². The van der Waals surface area contributed by atoms with E-state index in [0.29, 0.717) is 11.0 Å². The molecule has 0 saturated carbocycles. The molecule has 0 bridgehead atoms. The summed E-state index contributed by atoms with van der Waals surface area (Å²) in [6.45, 7) is 6.19. The molecule has 3 nitrogen and oxygen atoms in total. The molecule has 5 heteroatoms. The molecule has 0 atom stereocenters. The minimum Gasteiger partial charge on any atom is -0.325 e. The van der Waals surface area contributed by atoms with Crippen LogP contribution in [0.4, 0.5) is 5.69 Å². The van der Waals surface area contributed by atoms with Crippen molar-refractivity contribution in [2.45, 2.75) is 31.9 Å². The van der Waals surface area contributed by atoms with Gasteiger partial charge in [0.2, 0.25) is 5.91 Å². The first-order valence-electron chi connectivity index (χ1n) is 6.95. The van der Waals surface area contributed by atoms with Gasteiger partial charge in [0.05, 0.1) is 5.75 Å². The van der Waals surface area contributed by atoms with Crippen LogP contribution < -0.4 is 10.6 Å². The number of amides is 1. The van der Waals surface area contributed by atoms with E-state index in [-0.39, 0.29) is 5.91 Å². The highest BCUT2D eigenvalue weighted by Gasteiger charge is 2.15. The van der Waals surface area contributed by atoms with E-state index in [9.17, 15) is 4.79 Å². The van der Waals surface area contributed by atoms with Gasteiger partial charge in [-0.2, -0.15) is 0 Å². The molecule has 110 valence electrons. The Balaban J connectivity index is 1.88. The lowest BCUT2D eigenvalue weighted by atomic mass is 10.1. The van der Waals surface area contributed by atoms with E-state index < -0.39 is 0 Å². The molecule has 0 unspecified atom stereocenters. The maximum Gasteiger partial charge on any atom is 0.234 e. The highest BCUT2D eigenvalue weighted by molar-refractivity contribution is 9.10. The summed E-state index contributed by atoms with van der Waals surface area (Å²) in [5, 5.41) is 7.01. The number of hydrogen-bond acceptors (Lipinski definition) is 3. The smallest absolute Gasteiger partial charge is 0.234 e. The summed E-state index contributed by atoms with van der Waals surface area (Å²) in [7, 11) is 0. The van der Waals surface area contributed by atoms with Crippen LogP contribution in [0.15, 0.2) is 16.6 Å². The fourth-order valence-corrected chi connectivity index (χ4v) is 4.15. The molecule has 2 N–H and O–H groups in total. The number of anilines is 1. The molecule has 1 aliphatic rings. The number of halogens is 1. The molecule has 1 heterocycles. The first-order chi connectivity index (χ1) is 9.56. The second-order valence-electron chi connectivity index (χ2n) is 5.22. The number of rotatable bonds is 4. The molecular weight excluding hydrogens is 336 g/mol. The molecule has 0 radical (unpaired) electrons. The van der Waals surface area contributed by atoms with Crippen LogP contribution in [0.3, 0.4) is 0 Å². The number of piperidine rings is 1. The van der Waals surface area contributed by atoms with Crippen molar-refractivity contribution in [3.8, 4) is 0 Å². The summed E-state index contributed by atoms with van der Waals surface area (Å²) in [6.07, 6.45) is 2.32. The monoisotopic (exact) mass is 356 g/mol. The Labute approximate surface area is 133 Å². The fourth-order valence-electron chi connectivity index (χ4n) is 2.44. The molecule has 1 amide bonds. The Hall–Kier alpha value is -0.520. The molecule has 1 saturated heterocycles. The Morgan fingerprint density at radius 1 is 1.35 bits per heavy atom. The van der Waals surface area contributed by atoms with Crippen molar-refractivity contribution in [3.63, 3.8) is 0 Å². The largest absolute Gasteiger partial charge is 0.325 e. The lowest BCUT2D eigenvalue weighted by molar-refractivity contribution is -0.113. The summed E-state index contributed by atoms with van der Waals surface area (Å²) in [5.41, 5.74) is 3.14. The van der Waals surface area contributed by atoms with E-state index in [1.54, 1.807) is 11.8 Å². The van der Waals surface area contributed by atoms with Crippen molar-refractivity contribution in [2.75, 3.05) is 24.2 Å². The van der Waals surface area contributed by atoms with Gasteiger partial charge in [-0.25, -0.2) is 0 Å². The highest BCUT2D eigenvalue weighted by Crippen LogP contribution is 2.26. The van der Waals surface area contributed by atoms with Crippen LogP contribution in [-0.4, -0.2) is 30.0 Å². The molecule has 1 aliphatic heterocycles. The second-order valence-corrected chi connectivity index (χ2v) is 7.43. The number of nitrogens with one attached hydrogen (secondary N) is 2. The van der Waals surface area contributed by atoms with E-state index in [1.165, 1.54) is 0 Å². The number of hydrogen-bond donors (Lipinski definition) is 2. The predicted molar refractivity (Wildman–Crippen MR) is 90.6 cm³/mol. The zero-order chi connectivity index (χ0) is 14.5. The summed E-state index contributed by atoms with van der Waals surface area (Å²) in [4.78, 5) is 12.1. The standard InChI is InChI=1S/C15H21BrN2OS/c1-10-7-12(16)8-11(2)15(10)18-14(19)9-20-13-3-5-17-6-4-13/h7-8,13,17H,3-6,9H2,1-2H3,(H,18,19). The third-order valence-electron chi connectivity index (χ3n) is 3.50. The zero-order valence-corrected chi connectivity index (χ0v) is 14.4. The van der Waals surface area contributed by atoms with Crippen molar-refractivity contribution in [1.82, 2.24) is 5.32 Å². The summed E-state index contributed by atoms with van der Waals surface area (Å²) >= 11 is 5.25. The average Bonchev–Trinajstić information content (AvgIpc) is 2.42. The lowest BCUT2D eigenvalue weighted by Crippen LogP contribution is -2.30. The molecule has 20 heavy (non-hydrogen) atoms. The molecule has 1 aromatic carbocycles. The predicted octanol–water partition coefficient (Wildman–Crippen LogP) is 3.49. The van der Waals surface area contributed by atoms with E-state index in [0.717, 1.165) is 47.2 Å². The van der Waals surface area contributed by atoms with E-state index in [4.69, 9.17) is 0 Å². The van der Waals surface area contributed by atoms with Gasteiger partial charge in [0.1, 0.15) is 0 Å². The maximum atomic E-state index is 12.1. The first-order valence-corrected chi connectivity index (χ1v) is 8.79. The number of carbonyl (C=O) groups excluding carboxylic acids is 1. The number of benzene rings is 1. The third-order valence-corrected chi connectivity index (χ3v) is 5.33. The topological polar surface area (TPSA) is 41.1 Å². The van der Waals surface area contributed by atoms with Gasteiger partial charge in [-0.05, 0) is 63.0 Å². The quantitative estimate of drug-likeness (QED) is 0.867. The van der Waals surface area contributed by atoms with Crippen LogP contribution in [0.2, 0.25) is 0 Å². The van der Waals surface area contributed by atoms with E-state index >= 15 is 0 Å². The van der Waals surface area contributed by atoms with Crippen molar-refractivity contribution in [1.29, 1.82) is 0 Å². The Bertz CT molecular complexity index is 464. The summed E-state index contributed by atoms with van der Waals surface area (Å²) in [5.74, 6) is 0.640. The normalized spacial score (nSPS) is 16.1. The third kappa shape index (κ3) is 4.50. The molecule has 1 aromatic rings. The lowest BCUT2D eigenvalue weighted by Gasteiger charge is -2.22. The second kappa shape index (κ2) is 7.48. The van der Waals surface area contributed by atoms with Crippen LogP contribution in [0.5, 0.6) is 0 Å². The summed E-state index contributed by atoms with van der Waals surface area (Å²) in [6, 6.07) is 4.06. The van der Waals surface area contributed by atoms with Gasteiger partial charge in [-0.1, -0.05) is 15.9 Å². The highest BCUT2D eigenvalue weighted by atomic mass is 79.9. The molecule has 0 aliphatic carbocycles. The molecule has 1 fully saturated rings. The van der Waals surface area contributed by atoms with Crippen LogP contribution in [0.25, 0.3) is 0 Å². The molecule has 0 spiro atoms. The average molecular weight is 357 g/mol. The van der Waals surface area contributed by atoms with Crippen molar-refractivity contribution in [3.05, 3.63) is 27.7 Å². The van der Waals surface area contributed by atoms with E-state index in [1.807, 2.05) is 26.0 Å². The minimum atomic E-state index is 0.0991. The minimum absolute atomic E-state index is 0.0991. The summed E-state index contributed by atoms with van der Waals surface area (Å²) < 4.78 is 1.05. The van der Waals surface area contributed by atoms with Crippen LogP contribution in [0.1, 0.15) is 24.0 Å². The van der Waals surface area contributed by atoms with Gasteiger partial charge < -0.3 is 10.6 Å². The number of carbonyl (C=O) groups is 1. The number of thioether (sulfide) groups is 1. The van der Waals surface area contributed by atoms with E-state index in [2.05, 4.69) is 26.6 Å². The Morgan fingerprint density at radius 2 is 1.95 bits per heavy atom. The molecule has 0 aromatic heterocycles. The maximum absolute atomic E-state index is 12.1. The van der Waals surface area contributed by atoms with Crippen molar-refractivity contribution in [2.24, 2.45) is 0 Å². The SMILES string of the molecule is Cc1cc(Br)cc(C)c1NC(=O)CSC1CCNCC1. The van der Waals surface area contributed by atoms with Gasteiger partial charge >= 0.3 is 0 Å². The van der Waals surface area contributed by atoms with Crippen LogP contribution in [-0.2, 0) is 4.79 Å². The van der Waals surface area contributed by atoms with Gasteiger partial charge in [0.15, 0.2) is 0 Å². The molecular formula is C15H21BrN2OS. The Morgan fingerprint density at radius 3 is 2.55 bits per heavy atom. The zero-order valence-electron chi connectivity index (χ0n) is 12.0. The van der Waals surface area contributed by atoms with Gasteiger partial charge in [0, 0.05) is 15.4 Å². The molecule has 2 rings (SSSR count). The first kappa shape index (κ1) is 15.9. The van der Waals surface area contributed by atoms with Crippen molar-refractivity contribution >= 4 is 39.3 Å². The number of aryl methyl sites for hydroxylation is 2. The van der Waals surface area contributed by atoms with Crippen molar-refractivity contribution < 1.29 is 4.79 Å². The van der Waals surface area contributed by atoms with Gasteiger partial charge in [-0.15, -0.1) is 11.8 Å².